The molecular formula is C36H25N3O. The second-order valence-corrected chi connectivity index (χ2v) is 10.6. The Balaban J connectivity index is 1.44. The van der Waals surface area contributed by atoms with Crippen LogP contribution in [0.5, 0.6) is 11.5 Å². The molecule has 190 valence electrons. The third kappa shape index (κ3) is 3.83. The molecule has 4 heteroatoms. The minimum atomic E-state index is -0.360. The predicted molar refractivity (Wildman–Crippen MR) is 159 cm³/mol. The summed E-state index contributed by atoms with van der Waals surface area (Å²) in [6.45, 7) is 4.35. The largest absolute Gasteiger partial charge is 0.455 e. The van der Waals surface area contributed by atoms with Crippen LogP contribution in [0.25, 0.3) is 44.7 Å². The van der Waals surface area contributed by atoms with E-state index in [1.54, 1.807) is 0 Å². The van der Waals surface area contributed by atoms with Crippen LogP contribution in [0.1, 0.15) is 30.5 Å². The number of rotatable bonds is 3. The van der Waals surface area contributed by atoms with Gasteiger partial charge < -0.3 is 4.74 Å². The number of benzene rings is 5. The van der Waals surface area contributed by atoms with Gasteiger partial charge in [0.15, 0.2) is 5.82 Å². The Morgan fingerprint density at radius 1 is 0.650 bits per heavy atom. The minimum Gasteiger partial charge on any atom is -0.455 e. The maximum absolute atomic E-state index is 10.2. The summed E-state index contributed by atoms with van der Waals surface area (Å²) in [7, 11) is 0. The van der Waals surface area contributed by atoms with Crippen molar-refractivity contribution in [3.8, 4) is 51.3 Å². The van der Waals surface area contributed by atoms with Crippen molar-refractivity contribution in [1.29, 1.82) is 5.26 Å². The van der Waals surface area contributed by atoms with E-state index in [2.05, 4.69) is 56.3 Å². The molecule has 0 amide bonds. The summed E-state index contributed by atoms with van der Waals surface area (Å²) in [6.07, 6.45) is 0. The molecular weight excluding hydrogens is 490 g/mol. The van der Waals surface area contributed by atoms with Crippen LogP contribution >= 0.6 is 0 Å². The van der Waals surface area contributed by atoms with Gasteiger partial charge in [-0.3, -0.25) is 0 Å². The van der Waals surface area contributed by atoms with Gasteiger partial charge in [0, 0.05) is 33.1 Å². The molecule has 2 heterocycles. The fraction of sp³-hybridized carbons (Fsp3) is 0.0833. The van der Waals surface area contributed by atoms with Crippen molar-refractivity contribution in [2.45, 2.75) is 19.3 Å². The quantitative estimate of drug-likeness (QED) is 0.236. The molecule has 1 aromatic heterocycles. The van der Waals surface area contributed by atoms with E-state index in [-0.39, 0.29) is 5.41 Å². The van der Waals surface area contributed by atoms with Crippen LogP contribution < -0.4 is 4.74 Å². The van der Waals surface area contributed by atoms with Gasteiger partial charge in [-0.25, -0.2) is 9.97 Å². The van der Waals surface area contributed by atoms with Crippen LogP contribution in [-0.2, 0) is 5.41 Å². The fourth-order valence-electron chi connectivity index (χ4n) is 5.64. The maximum atomic E-state index is 10.2. The number of aromatic nitrogens is 2. The normalized spacial score (nSPS) is 13.1. The van der Waals surface area contributed by atoms with Crippen LogP contribution in [0.4, 0.5) is 0 Å². The Hall–Kier alpha value is -5.27. The lowest BCUT2D eigenvalue weighted by molar-refractivity contribution is 0.417. The zero-order valence-electron chi connectivity index (χ0n) is 22.2. The van der Waals surface area contributed by atoms with Gasteiger partial charge in [-0.05, 0) is 41.5 Å². The first-order chi connectivity index (χ1) is 19.5. The monoisotopic (exact) mass is 515 g/mol. The number of ether oxygens (including phenoxy) is 1. The van der Waals surface area contributed by atoms with Gasteiger partial charge in [-0.15, -0.1) is 0 Å². The summed E-state index contributed by atoms with van der Waals surface area (Å²) in [5.41, 5.74) is 7.88. The van der Waals surface area contributed by atoms with Crippen molar-refractivity contribution in [3.05, 3.63) is 132 Å². The van der Waals surface area contributed by atoms with Crippen molar-refractivity contribution in [3.63, 3.8) is 0 Å². The highest BCUT2D eigenvalue weighted by Crippen LogP contribution is 2.50. The summed E-state index contributed by atoms with van der Waals surface area (Å²) in [5, 5.41) is 11.1. The molecule has 40 heavy (non-hydrogen) atoms. The molecule has 6 aromatic rings. The van der Waals surface area contributed by atoms with Crippen LogP contribution in [0.15, 0.2) is 115 Å². The summed E-state index contributed by atoms with van der Waals surface area (Å²) >= 11 is 0. The third-order valence-electron chi connectivity index (χ3n) is 7.76. The molecule has 0 bridgehead atoms. The summed E-state index contributed by atoms with van der Waals surface area (Å²) in [4.78, 5) is 10.1. The third-order valence-corrected chi connectivity index (χ3v) is 7.76. The van der Waals surface area contributed by atoms with E-state index in [1.165, 1.54) is 0 Å². The molecule has 0 unspecified atom stereocenters. The fourth-order valence-corrected chi connectivity index (χ4v) is 5.64. The van der Waals surface area contributed by atoms with Crippen molar-refractivity contribution >= 4 is 10.9 Å². The van der Waals surface area contributed by atoms with Gasteiger partial charge >= 0.3 is 0 Å². The zero-order chi connectivity index (χ0) is 27.3. The minimum absolute atomic E-state index is 0.360. The molecule has 5 aromatic carbocycles. The van der Waals surface area contributed by atoms with Crippen molar-refractivity contribution < 1.29 is 4.74 Å². The SMILES string of the molecule is CC1(C)c2ccccc2Oc2c(C#N)cc(-c3nc(-c4cccc(-c5ccccc5)c4)nc4ccccc34)cc21. The number of nitrogens with zero attached hydrogens (tertiary/aromatic N) is 3. The summed E-state index contributed by atoms with van der Waals surface area (Å²) in [6, 6.07) is 41.1. The van der Waals surface area contributed by atoms with E-state index < -0.39 is 0 Å². The Kier molecular flexibility index (Phi) is 5.47. The second kappa shape index (κ2) is 9.18. The van der Waals surface area contributed by atoms with E-state index in [1.807, 2.05) is 78.9 Å². The standard InChI is InChI=1S/C36H25N3O/c1-36(2)29-16-7-9-18-32(29)40-34-27(22-37)20-26(21-30(34)36)33-28-15-6-8-17-31(28)38-35(39-33)25-14-10-13-24(19-25)23-11-4-3-5-12-23/h3-21H,1-2H3. The lowest BCUT2D eigenvalue weighted by atomic mass is 9.74. The zero-order valence-corrected chi connectivity index (χ0v) is 22.2. The first-order valence-corrected chi connectivity index (χ1v) is 13.3. The van der Waals surface area contributed by atoms with Crippen LogP contribution in [0.2, 0.25) is 0 Å². The van der Waals surface area contributed by atoms with E-state index >= 15 is 0 Å². The molecule has 1 aliphatic rings. The maximum Gasteiger partial charge on any atom is 0.160 e. The predicted octanol–water partition coefficient (Wildman–Crippen LogP) is 8.93. The topological polar surface area (TPSA) is 58.8 Å². The van der Waals surface area contributed by atoms with Gasteiger partial charge in [0.2, 0.25) is 0 Å². The lowest BCUT2D eigenvalue weighted by Crippen LogP contribution is -2.25. The van der Waals surface area contributed by atoms with Crippen molar-refractivity contribution in [2.24, 2.45) is 0 Å². The Labute approximate surface area is 233 Å². The number of para-hydroxylation sites is 2. The Morgan fingerprint density at radius 2 is 1.38 bits per heavy atom. The number of nitriles is 1. The van der Waals surface area contributed by atoms with Gasteiger partial charge in [0.25, 0.3) is 0 Å². The van der Waals surface area contributed by atoms with Crippen LogP contribution in [-0.4, -0.2) is 9.97 Å². The molecule has 0 saturated heterocycles. The first-order valence-electron chi connectivity index (χ1n) is 13.3. The van der Waals surface area contributed by atoms with Gasteiger partial charge in [-0.2, -0.15) is 5.26 Å². The number of fused-ring (bicyclic) bond motifs is 3. The molecule has 1 aliphatic heterocycles. The molecule has 0 N–H and O–H groups in total. The average Bonchev–Trinajstić information content (AvgIpc) is 3.01. The number of hydrogen-bond donors (Lipinski definition) is 0. The second-order valence-electron chi connectivity index (χ2n) is 10.6. The molecule has 0 saturated carbocycles. The van der Waals surface area contributed by atoms with Crippen LogP contribution in [0.3, 0.4) is 0 Å². The molecule has 0 fully saturated rings. The summed E-state index contributed by atoms with van der Waals surface area (Å²) in [5.74, 6) is 2.05. The molecule has 4 nitrogen and oxygen atoms in total. The van der Waals surface area contributed by atoms with Gasteiger partial charge in [0.05, 0.1) is 16.8 Å². The smallest absolute Gasteiger partial charge is 0.160 e. The van der Waals surface area contributed by atoms with Gasteiger partial charge in [-0.1, -0.05) is 98.8 Å². The van der Waals surface area contributed by atoms with E-state index in [0.29, 0.717) is 17.1 Å². The lowest BCUT2D eigenvalue weighted by Gasteiger charge is -2.35. The molecule has 7 rings (SSSR count). The Morgan fingerprint density at radius 3 is 2.23 bits per heavy atom. The Bertz CT molecular complexity index is 1970. The molecule has 0 radical (unpaired) electrons. The van der Waals surface area contributed by atoms with E-state index in [9.17, 15) is 5.26 Å². The first kappa shape index (κ1) is 23.8. The number of hydrogen-bond acceptors (Lipinski definition) is 4. The van der Waals surface area contributed by atoms with Crippen LogP contribution in [0, 0.1) is 11.3 Å². The molecule has 0 atom stereocenters. The molecule has 0 aliphatic carbocycles. The van der Waals surface area contributed by atoms with Crippen molar-refractivity contribution in [2.75, 3.05) is 0 Å². The average molecular weight is 516 g/mol. The highest BCUT2D eigenvalue weighted by atomic mass is 16.5. The van der Waals surface area contributed by atoms with Crippen molar-refractivity contribution in [1.82, 2.24) is 9.97 Å². The van der Waals surface area contributed by atoms with Gasteiger partial charge in [0.1, 0.15) is 17.6 Å². The molecule has 0 spiro atoms. The van der Waals surface area contributed by atoms with E-state index in [4.69, 9.17) is 14.7 Å². The van der Waals surface area contributed by atoms with E-state index in [0.717, 1.165) is 55.7 Å². The summed E-state index contributed by atoms with van der Waals surface area (Å²) < 4.78 is 6.31. The highest BCUT2D eigenvalue weighted by molar-refractivity contribution is 5.94. The highest BCUT2D eigenvalue weighted by Gasteiger charge is 2.36.